The molecular formula is C24H33N3O4. The van der Waals surface area contributed by atoms with E-state index >= 15 is 0 Å². The third kappa shape index (κ3) is 8.09. The van der Waals surface area contributed by atoms with Gasteiger partial charge in [0, 0.05) is 32.5 Å². The lowest BCUT2D eigenvalue weighted by Gasteiger charge is -2.33. The molecule has 0 unspecified atom stereocenters. The third-order valence-corrected chi connectivity index (χ3v) is 4.80. The van der Waals surface area contributed by atoms with E-state index in [-0.39, 0.29) is 12.2 Å². The maximum absolute atomic E-state index is 12.2. The summed E-state index contributed by atoms with van der Waals surface area (Å²) < 4.78 is 17.1. The summed E-state index contributed by atoms with van der Waals surface area (Å²) in [6, 6.07) is 13.9. The number of aromatic nitrogens is 1. The Morgan fingerprint density at radius 1 is 1.13 bits per heavy atom. The Balaban J connectivity index is 1.33. The van der Waals surface area contributed by atoms with Crippen LogP contribution >= 0.6 is 0 Å². The van der Waals surface area contributed by atoms with Crippen molar-refractivity contribution >= 4 is 11.9 Å². The van der Waals surface area contributed by atoms with Gasteiger partial charge in [0.1, 0.15) is 23.3 Å². The van der Waals surface area contributed by atoms with Crippen LogP contribution in [0.5, 0.6) is 5.75 Å². The minimum atomic E-state index is -0.472. The summed E-state index contributed by atoms with van der Waals surface area (Å²) in [6.45, 7) is 8.80. The molecule has 1 aromatic heterocycles. The first-order valence-electron chi connectivity index (χ1n) is 10.9. The summed E-state index contributed by atoms with van der Waals surface area (Å²) in [6.07, 6.45) is 3.10. The Morgan fingerprint density at radius 2 is 1.87 bits per heavy atom. The number of likely N-dealkylation sites (tertiary alicyclic amines) is 1. The van der Waals surface area contributed by atoms with Gasteiger partial charge in [-0.25, -0.2) is 9.78 Å². The maximum Gasteiger partial charge on any atom is 0.410 e. The number of amides is 1. The van der Waals surface area contributed by atoms with Crippen LogP contribution in [-0.4, -0.2) is 53.9 Å². The molecule has 1 N–H and O–H groups in total. The number of rotatable bonds is 8. The first-order valence-corrected chi connectivity index (χ1v) is 10.9. The predicted octanol–water partition coefficient (Wildman–Crippen LogP) is 4.49. The highest BCUT2D eigenvalue weighted by molar-refractivity contribution is 5.68. The van der Waals surface area contributed by atoms with Crippen LogP contribution in [0.25, 0.3) is 0 Å². The standard InChI is InChI=1S/C24H33N3O4/c1-24(2,3)31-23(28)27-14-11-20(12-15-27)30-21-9-10-22(26-17-21)25-13-16-29-18-19-7-5-4-6-8-19/h4-10,17,20H,11-16,18H2,1-3H3,(H,25,26). The third-order valence-electron chi connectivity index (χ3n) is 4.80. The van der Waals surface area contributed by atoms with Gasteiger partial charge in [0.05, 0.1) is 19.4 Å². The number of pyridine rings is 1. The fraction of sp³-hybridized carbons (Fsp3) is 0.500. The number of anilines is 1. The first kappa shape index (κ1) is 22.9. The zero-order valence-electron chi connectivity index (χ0n) is 18.7. The van der Waals surface area contributed by atoms with Crippen molar-refractivity contribution in [2.45, 2.75) is 51.9 Å². The Labute approximate surface area is 184 Å². The van der Waals surface area contributed by atoms with Crippen molar-refractivity contribution < 1.29 is 19.0 Å². The average molecular weight is 428 g/mol. The number of nitrogens with zero attached hydrogens (tertiary/aromatic N) is 2. The maximum atomic E-state index is 12.2. The molecule has 0 saturated carbocycles. The second-order valence-corrected chi connectivity index (χ2v) is 8.63. The van der Waals surface area contributed by atoms with Gasteiger partial charge in [-0.3, -0.25) is 0 Å². The van der Waals surface area contributed by atoms with Gasteiger partial charge in [-0.1, -0.05) is 30.3 Å². The van der Waals surface area contributed by atoms with Gasteiger partial charge in [0.15, 0.2) is 0 Å². The van der Waals surface area contributed by atoms with E-state index in [1.54, 1.807) is 11.1 Å². The highest BCUT2D eigenvalue weighted by Crippen LogP contribution is 2.21. The molecule has 1 aliphatic rings. The molecule has 3 rings (SSSR count). The quantitative estimate of drug-likeness (QED) is 0.626. The van der Waals surface area contributed by atoms with Gasteiger partial charge in [-0.05, 0) is 38.5 Å². The van der Waals surface area contributed by atoms with E-state index in [0.29, 0.717) is 32.8 Å². The van der Waals surface area contributed by atoms with E-state index in [1.807, 2.05) is 51.1 Å². The number of piperidine rings is 1. The van der Waals surface area contributed by atoms with Crippen LogP contribution in [0.4, 0.5) is 10.6 Å². The lowest BCUT2D eigenvalue weighted by atomic mass is 10.1. The van der Waals surface area contributed by atoms with Crippen LogP contribution in [0.1, 0.15) is 39.2 Å². The molecule has 0 aliphatic carbocycles. The Kier molecular flexibility index (Phi) is 8.12. The number of carbonyl (C=O) groups excluding carboxylic acids is 1. The molecule has 1 amide bonds. The molecule has 0 radical (unpaired) electrons. The summed E-state index contributed by atoms with van der Waals surface area (Å²) in [7, 11) is 0. The molecule has 1 aromatic carbocycles. The normalized spacial score (nSPS) is 14.9. The summed E-state index contributed by atoms with van der Waals surface area (Å²) in [5, 5.41) is 3.25. The minimum Gasteiger partial charge on any atom is -0.489 e. The lowest BCUT2D eigenvalue weighted by Crippen LogP contribution is -2.44. The number of hydrogen-bond donors (Lipinski definition) is 1. The van der Waals surface area contributed by atoms with Gasteiger partial charge in [-0.2, -0.15) is 0 Å². The average Bonchev–Trinajstić information content (AvgIpc) is 2.75. The Morgan fingerprint density at radius 3 is 2.52 bits per heavy atom. The summed E-state index contributed by atoms with van der Waals surface area (Å²) in [5.74, 6) is 1.53. The van der Waals surface area contributed by atoms with Crippen molar-refractivity contribution in [2.24, 2.45) is 0 Å². The second-order valence-electron chi connectivity index (χ2n) is 8.63. The fourth-order valence-corrected chi connectivity index (χ4v) is 3.25. The highest BCUT2D eigenvalue weighted by Gasteiger charge is 2.27. The summed E-state index contributed by atoms with van der Waals surface area (Å²) in [4.78, 5) is 18.3. The number of nitrogens with one attached hydrogen (secondary N) is 1. The van der Waals surface area contributed by atoms with Gasteiger partial charge in [-0.15, -0.1) is 0 Å². The van der Waals surface area contributed by atoms with Gasteiger partial charge < -0.3 is 24.4 Å². The van der Waals surface area contributed by atoms with Crippen molar-refractivity contribution in [3.8, 4) is 5.75 Å². The predicted molar refractivity (Wildman–Crippen MR) is 120 cm³/mol. The first-order chi connectivity index (χ1) is 14.9. The van der Waals surface area contributed by atoms with E-state index in [1.165, 1.54) is 5.56 Å². The molecule has 168 valence electrons. The van der Waals surface area contributed by atoms with E-state index in [0.717, 1.165) is 24.4 Å². The molecule has 7 heteroatoms. The SMILES string of the molecule is CC(C)(C)OC(=O)N1CCC(Oc2ccc(NCCOCc3ccccc3)nc2)CC1. The van der Waals surface area contributed by atoms with Crippen LogP contribution in [0, 0.1) is 0 Å². The summed E-state index contributed by atoms with van der Waals surface area (Å²) in [5.41, 5.74) is 0.693. The second kappa shape index (κ2) is 11.0. The zero-order chi connectivity index (χ0) is 22.1. The van der Waals surface area contributed by atoms with Crippen molar-refractivity contribution in [3.63, 3.8) is 0 Å². The molecule has 0 bridgehead atoms. The monoisotopic (exact) mass is 427 g/mol. The number of ether oxygens (including phenoxy) is 3. The Hall–Kier alpha value is -2.80. The van der Waals surface area contributed by atoms with E-state index < -0.39 is 5.60 Å². The number of benzene rings is 1. The molecule has 1 aliphatic heterocycles. The zero-order valence-corrected chi connectivity index (χ0v) is 18.7. The molecule has 1 fully saturated rings. The van der Waals surface area contributed by atoms with E-state index in [9.17, 15) is 4.79 Å². The molecular weight excluding hydrogens is 394 g/mol. The number of carbonyl (C=O) groups is 1. The van der Waals surface area contributed by atoms with Crippen LogP contribution in [0.2, 0.25) is 0 Å². The van der Waals surface area contributed by atoms with Crippen LogP contribution in [-0.2, 0) is 16.1 Å². The van der Waals surface area contributed by atoms with Crippen LogP contribution in [0.3, 0.4) is 0 Å². The molecule has 2 aromatic rings. The minimum absolute atomic E-state index is 0.0747. The van der Waals surface area contributed by atoms with Gasteiger partial charge in [0.2, 0.25) is 0 Å². The molecule has 7 nitrogen and oxygen atoms in total. The van der Waals surface area contributed by atoms with Crippen molar-refractivity contribution in [1.29, 1.82) is 0 Å². The van der Waals surface area contributed by atoms with Gasteiger partial charge in [0.25, 0.3) is 0 Å². The smallest absolute Gasteiger partial charge is 0.410 e. The van der Waals surface area contributed by atoms with Crippen LogP contribution in [0.15, 0.2) is 48.7 Å². The molecule has 2 heterocycles. The topological polar surface area (TPSA) is 72.9 Å². The largest absolute Gasteiger partial charge is 0.489 e. The highest BCUT2D eigenvalue weighted by atomic mass is 16.6. The Bertz CT molecular complexity index is 798. The molecule has 0 atom stereocenters. The molecule has 31 heavy (non-hydrogen) atoms. The van der Waals surface area contributed by atoms with Crippen LogP contribution < -0.4 is 10.1 Å². The lowest BCUT2D eigenvalue weighted by molar-refractivity contribution is 0.0126. The van der Waals surface area contributed by atoms with Crippen molar-refractivity contribution in [3.05, 3.63) is 54.2 Å². The summed E-state index contributed by atoms with van der Waals surface area (Å²) >= 11 is 0. The molecule has 0 spiro atoms. The fourth-order valence-electron chi connectivity index (χ4n) is 3.25. The van der Waals surface area contributed by atoms with E-state index in [4.69, 9.17) is 14.2 Å². The van der Waals surface area contributed by atoms with Crippen molar-refractivity contribution in [1.82, 2.24) is 9.88 Å². The van der Waals surface area contributed by atoms with E-state index in [2.05, 4.69) is 22.4 Å². The van der Waals surface area contributed by atoms with Crippen molar-refractivity contribution in [2.75, 3.05) is 31.6 Å². The van der Waals surface area contributed by atoms with Gasteiger partial charge >= 0.3 is 6.09 Å². The number of hydrogen-bond acceptors (Lipinski definition) is 6. The molecule has 1 saturated heterocycles.